The largest absolute Gasteiger partial charge is 0.481 e. The van der Waals surface area contributed by atoms with Crippen molar-refractivity contribution in [1.82, 2.24) is 9.80 Å². The number of hydrogen-bond acceptors (Lipinski definition) is 5. The van der Waals surface area contributed by atoms with Crippen LogP contribution in [0.5, 0.6) is 0 Å². The van der Waals surface area contributed by atoms with Crippen molar-refractivity contribution < 1.29 is 24.2 Å². The van der Waals surface area contributed by atoms with Gasteiger partial charge in [-0.2, -0.15) is 0 Å². The first-order valence-electron chi connectivity index (χ1n) is 21.6. The average molecular weight is 737 g/mol. The average Bonchev–Trinajstić information content (AvgIpc) is 3.57. The molecule has 12 atom stereocenters. The summed E-state index contributed by atoms with van der Waals surface area (Å²) in [5, 5.41) is 9.37. The lowest BCUT2D eigenvalue weighted by atomic mass is 9.32. The van der Waals surface area contributed by atoms with Crippen molar-refractivity contribution in [3.8, 4) is 0 Å². The van der Waals surface area contributed by atoms with Crippen molar-refractivity contribution in [3.63, 3.8) is 0 Å². The van der Waals surface area contributed by atoms with Crippen molar-refractivity contribution in [1.29, 1.82) is 0 Å². The molecule has 0 bridgehead atoms. The number of carbonyl (C=O) groups is 3. The number of fused-ring (bicyclic) bond motifs is 7. The molecule has 7 heteroatoms. The van der Waals surface area contributed by atoms with E-state index in [-0.39, 0.29) is 52.0 Å². The van der Waals surface area contributed by atoms with Crippen LogP contribution >= 0.6 is 0 Å². The van der Waals surface area contributed by atoms with Crippen LogP contribution in [0.3, 0.4) is 0 Å². The Hall–Kier alpha value is -1.89. The fourth-order valence-electron chi connectivity index (χ4n) is 15.3. The van der Waals surface area contributed by atoms with Crippen molar-refractivity contribution >= 4 is 17.8 Å². The van der Waals surface area contributed by atoms with Gasteiger partial charge in [0.1, 0.15) is 6.10 Å². The van der Waals surface area contributed by atoms with Crippen molar-refractivity contribution in [2.45, 2.75) is 177 Å². The van der Waals surface area contributed by atoms with Crippen molar-refractivity contribution in [2.75, 3.05) is 20.1 Å². The van der Waals surface area contributed by atoms with E-state index < -0.39 is 11.4 Å². The number of amides is 1. The van der Waals surface area contributed by atoms with Crippen LogP contribution < -0.4 is 0 Å². The summed E-state index contributed by atoms with van der Waals surface area (Å²) >= 11 is 0. The minimum atomic E-state index is -0.879. The summed E-state index contributed by atoms with van der Waals surface area (Å²) in [6.45, 7) is 29.5. The first-order chi connectivity index (χ1) is 24.5. The summed E-state index contributed by atoms with van der Waals surface area (Å²) in [4.78, 5) is 43.8. The second kappa shape index (κ2) is 13.9. The molecule has 1 heterocycles. The maximum Gasteiger partial charge on any atom is 0.306 e. The molecule has 0 spiro atoms. The topological polar surface area (TPSA) is 87.2 Å². The van der Waals surface area contributed by atoms with Crippen molar-refractivity contribution in [2.24, 2.45) is 62.1 Å². The number of nitrogens with zero attached hydrogens (tertiary/aromatic N) is 2. The highest BCUT2D eigenvalue weighted by Crippen LogP contribution is 2.78. The molecule has 5 aliphatic carbocycles. The van der Waals surface area contributed by atoms with Gasteiger partial charge in [0.25, 0.3) is 0 Å². The maximum atomic E-state index is 14.5. The zero-order valence-corrected chi connectivity index (χ0v) is 35.6. The van der Waals surface area contributed by atoms with Crippen molar-refractivity contribution in [3.05, 3.63) is 12.2 Å². The molecule has 1 N–H and O–H groups in total. The zero-order chi connectivity index (χ0) is 39.1. The molecular formula is C46H76N2O5. The third kappa shape index (κ3) is 6.65. The Bertz CT molecular complexity index is 1440. The monoisotopic (exact) mass is 737 g/mol. The number of likely N-dealkylation sites (N-methyl/N-ethyl adjacent to an activating group) is 2. The number of allylic oxidation sites excluding steroid dienone is 1. The van der Waals surface area contributed by atoms with Gasteiger partial charge in [-0.3, -0.25) is 14.4 Å². The fourth-order valence-corrected chi connectivity index (χ4v) is 15.3. The third-order valence-corrected chi connectivity index (χ3v) is 18.2. The summed E-state index contributed by atoms with van der Waals surface area (Å²) in [6, 6.07) is 0.847. The van der Waals surface area contributed by atoms with E-state index in [0.717, 1.165) is 51.6 Å². The molecule has 7 nitrogen and oxygen atoms in total. The highest BCUT2D eigenvalue weighted by atomic mass is 16.5. The van der Waals surface area contributed by atoms with Crippen LogP contribution in [0.15, 0.2) is 12.2 Å². The number of ether oxygens (including phenoxy) is 1. The van der Waals surface area contributed by atoms with Gasteiger partial charge < -0.3 is 19.6 Å². The number of hydrogen-bond donors (Lipinski definition) is 1. The number of esters is 1. The molecule has 1 amide bonds. The van der Waals surface area contributed by atoms with Gasteiger partial charge in [-0.05, 0) is 155 Å². The van der Waals surface area contributed by atoms with Crippen LogP contribution in [-0.4, -0.2) is 71.1 Å². The first kappa shape index (κ1) is 40.8. The molecule has 300 valence electrons. The summed E-state index contributed by atoms with van der Waals surface area (Å²) in [7, 11) is 2.20. The zero-order valence-electron chi connectivity index (χ0n) is 35.6. The Labute approximate surface area is 322 Å². The standard InChI is InChI=1S/C46H76N2O5/c1-13-48(31-24-30(4)47(12)28-31)37(49)25-46-21-16-32(29(2)3)40(46)33-14-15-35-43(9)19-18-36(53-39(52)27-41(5,6)26-38(50)51)42(7,8)34(43)17-20-45(35,11)44(33,10)22-23-46/h30-36,40H,2,13-28H2,1,3-12H3,(H,50,51)/t30?,31?,32-,33+,34-,35+,36-,40+,43-,44+,45+,46+/m0/s1. The Morgan fingerprint density at radius 1 is 0.906 bits per heavy atom. The number of aliphatic carboxylic acids is 1. The molecule has 0 aromatic carbocycles. The second-order valence-corrected chi connectivity index (χ2v) is 21.8. The molecule has 1 saturated heterocycles. The van der Waals surface area contributed by atoms with Gasteiger partial charge >= 0.3 is 11.9 Å². The maximum absolute atomic E-state index is 14.5. The predicted molar refractivity (Wildman–Crippen MR) is 212 cm³/mol. The van der Waals surface area contributed by atoms with Crippen LogP contribution in [-0.2, 0) is 19.1 Å². The van der Waals surface area contributed by atoms with Crippen LogP contribution in [0.2, 0.25) is 0 Å². The molecule has 6 aliphatic rings. The number of carboxylic acid groups (broad SMARTS) is 1. The van der Waals surface area contributed by atoms with E-state index in [4.69, 9.17) is 4.74 Å². The van der Waals surface area contributed by atoms with E-state index in [0.29, 0.717) is 54.0 Å². The summed E-state index contributed by atoms with van der Waals surface area (Å²) < 4.78 is 6.30. The van der Waals surface area contributed by atoms with E-state index in [1.807, 2.05) is 13.8 Å². The normalized spacial score (nSPS) is 43.5. The van der Waals surface area contributed by atoms with Gasteiger partial charge in [0.05, 0.1) is 12.8 Å². The van der Waals surface area contributed by atoms with E-state index >= 15 is 0 Å². The summed E-state index contributed by atoms with van der Waals surface area (Å²) in [5.74, 6) is 1.94. The second-order valence-electron chi connectivity index (χ2n) is 21.8. The minimum absolute atomic E-state index is 0.0446. The van der Waals surface area contributed by atoms with E-state index in [2.05, 4.69) is 78.8 Å². The lowest BCUT2D eigenvalue weighted by molar-refractivity contribution is -0.250. The Morgan fingerprint density at radius 2 is 1.60 bits per heavy atom. The van der Waals surface area contributed by atoms with E-state index in [1.165, 1.54) is 37.7 Å². The van der Waals surface area contributed by atoms with E-state index in [9.17, 15) is 19.5 Å². The predicted octanol–water partition coefficient (Wildman–Crippen LogP) is 9.78. The fraction of sp³-hybridized carbons (Fsp3) is 0.891. The number of carboxylic acids is 1. The van der Waals surface area contributed by atoms with E-state index in [1.54, 1.807) is 0 Å². The Balaban J connectivity index is 1.23. The molecule has 1 aliphatic heterocycles. The Morgan fingerprint density at radius 3 is 2.21 bits per heavy atom. The number of likely N-dealkylation sites (tertiary alicyclic amines) is 1. The van der Waals surface area contributed by atoms with Gasteiger partial charge in [0.15, 0.2) is 0 Å². The molecule has 5 saturated carbocycles. The van der Waals surface area contributed by atoms with Crippen LogP contribution in [0, 0.1) is 62.1 Å². The van der Waals surface area contributed by atoms with Gasteiger partial charge in [-0.1, -0.05) is 60.6 Å². The molecular weight excluding hydrogens is 661 g/mol. The lowest BCUT2D eigenvalue weighted by Gasteiger charge is -2.73. The highest BCUT2D eigenvalue weighted by molar-refractivity contribution is 5.77. The first-order valence-corrected chi connectivity index (χ1v) is 21.6. The van der Waals surface area contributed by atoms with Crippen LogP contribution in [0.1, 0.15) is 159 Å². The molecule has 0 aromatic rings. The number of carbonyl (C=O) groups excluding carboxylic acids is 2. The third-order valence-electron chi connectivity index (χ3n) is 18.2. The quantitative estimate of drug-likeness (QED) is 0.178. The van der Waals surface area contributed by atoms with Gasteiger partial charge in [-0.25, -0.2) is 0 Å². The molecule has 53 heavy (non-hydrogen) atoms. The number of rotatable bonds is 10. The molecule has 6 rings (SSSR count). The van der Waals surface area contributed by atoms with Gasteiger partial charge in [0, 0.05) is 37.0 Å². The van der Waals surface area contributed by atoms with Gasteiger partial charge in [0.2, 0.25) is 5.91 Å². The molecule has 2 unspecified atom stereocenters. The van der Waals surface area contributed by atoms with Gasteiger partial charge in [-0.15, -0.1) is 0 Å². The van der Waals surface area contributed by atoms with Crippen LogP contribution in [0.25, 0.3) is 0 Å². The lowest BCUT2D eigenvalue weighted by Crippen LogP contribution is -2.67. The highest BCUT2D eigenvalue weighted by Gasteiger charge is 2.71. The SMILES string of the molecule is C=C(C)[C@@H]1CC[C@]2(CC(=O)N(CC)C3CC(C)N(C)C3)CC[C@]3(C)[C@H](CC[C@@H]4[C@@]5(C)CC[C@H](OC(=O)CC(C)(C)CC(=O)O)C(C)(C)[C@@H]5CC[C@]43C)[C@@H]12. The molecule has 0 aromatic heterocycles. The summed E-state index contributed by atoms with van der Waals surface area (Å²) in [6.07, 6.45) is 13.2. The van der Waals surface area contributed by atoms with Crippen LogP contribution in [0.4, 0.5) is 0 Å². The molecule has 6 fully saturated rings. The Kier molecular flexibility index (Phi) is 10.7. The summed E-state index contributed by atoms with van der Waals surface area (Å²) in [5.41, 5.74) is 1.19. The smallest absolute Gasteiger partial charge is 0.306 e. The molecule has 0 radical (unpaired) electrons. The minimum Gasteiger partial charge on any atom is -0.481 e.